The summed E-state index contributed by atoms with van der Waals surface area (Å²) in [4.78, 5) is 12.1. The molecule has 24 heavy (non-hydrogen) atoms. The van der Waals surface area contributed by atoms with Gasteiger partial charge in [-0.05, 0) is 36.4 Å². The Bertz CT molecular complexity index is 787. The monoisotopic (exact) mass is 396 g/mol. The molecule has 0 aliphatic carbocycles. The maximum atomic E-state index is 12.7. The van der Waals surface area contributed by atoms with E-state index in [2.05, 4.69) is 18.1 Å². The van der Waals surface area contributed by atoms with E-state index in [1.165, 1.54) is 18.2 Å². The Kier molecular flexibility index (Phi) is 5.42. The number of carbonyl (C=O) groups is 1. The molecule has 2 rings (SSSR count). The van der Waals surface area contributed by atoms with Crippen LogP contribution in [-0.4, -0.2) is 11.1 Å². The number of rotatable bonds is 2. The van der Waals surface area contributed by atoms with Crippen molar-refractivity contribution in [3.63, 3.8) is 0 Å². The predicted molar refractivity (Wildman–Crippen MR) is 90.1 cm³/mol. The normalized spacial score (nSPS) is 11.2. The summed E-state index contributed by atoms with van der Waals surface area (Å²) in [5.41, 5.74) is -1.28. The number of benzene rings is 2. The molecular formula is C14H9Cl2F3N2O2S. The number of nitrogens with zero attached hydrogens (tertiary/aromatic N) is 1. The summed E-state index contributed by atoms with van der Waals surface area (Å²) in [7, 11) is 0. The number of thiol groups is 1. The van der Waals surface area contributed by atoms with Crippen LogP contribution in [0.15, 0.2) is 36.4 Å². The molecule has 2 aromatic carbocycles. The van der Waals surface area contributed by atoms with E-state index in [9.17, 15) is 23.1 Å². The molecular weight excluding hydrogens is 388 g/mol. The van der Waals surface area contributed by atoms with Gasteiger partial charge in [-0.25, -0.2) is 9.10 Å². The number of nitrogens with one attached hydrogen (secondary N) is 1. The van der Waals surface area contributed by atoms with Gasteiger partial charge in [0.05, 0.1) is 16.3 Å². The smallest absolute Gasteiger partial charge is 0.416 e. The number of phenolic OH excluding ortho intramolecular Hbond substituents is 1. The quantitative estimate of drug-likeness (QED) is 0.578. The van der Waals surface area contributed by atoms with Gasteiger partial charge in [-0.3, -0.25) is 0 Å². The van der Waals surface area contributed by atoms with Gasteiger partial charge in [0, 0.05) is 5.02 Å². The molecule has 2 amide bonds. The van der Waals surface area contributed by atoms with Gasteiger partial charge in [0.15, 0.2) is 0 Å². The third-order valence-electron chi connectivity index (χ3n) is 2.89. The topological polar surface area (TPSA) is 52.6 Å². The van der Waals surface area contributed by atoms with Crippen molar-refractivity contribution in [2.24, 2.45) is 0 Å². The number of hydrogen-bond donors (Lipinski definition) is 3. The maximum Gasteiger partial charge on any atom is 0.416 e. The summed E-state index contributed by atoms with van der Waals surface area (Å²) in [6.07, 6.45) is -4.59. The molecule has 2 N–H and O–H groups in total. The molecule has 0 aliphatic rings. The number of aromatic hydroxyl groups is 1. The third-order valence-corrected chi connectivity index (χ3v) is 3.86. The Hall–Kier alpha value is -1.77. The van der Waals surface area contributed by atoms with Crippen LogP contribution >= 0.6 is 36.0 Å². The highest BCUT2D eigenvalue weighted by Crippen LogP contribution is 2.35. The zero-order chi connectivity index (χ0) is 18.1. The van der Waals surface area contributed by atoms with Crippen LogP contribution in [0.25, 0.3) is 0 Å². The number of alkyl halides is 3. The van der Waals surface area contributed by atoms with Gasteiger partial charge in [-0.15, -0.1) is 0 Å². The van der Waals surface area contributed by atoms with E-state index in [1.807, 2.05) is 0 Å². The van der Waals surface area contributed by atoms with Crippen LogP contribution in [0.5, 0.6) is 5.75 Å². The molecule has 0 radical (unpaired) electrons. The fourth-order valence-electron chi connectivity index (χ4n) is 1.74. The van der Waals surface area contributed by atoms with Crippen molar-refractivity contribution in [2.75, 3.05) is 9.62 Å². The van der Waals surface area contributed by atoms with Crippen molar-refractivity contribution in [3.05, 3.63) is 52.0 Å². The zero-order valence-corrected chi connectivity index (χ0v) is 14.0. The first-order chi connectivity index (χ1) is 11.1. The molecule has 0 aliphatic heterocycles. The Labute approximate surface area is 150 Å². The van der Waals surface area contributed by atoms with Crippen molar-refractivity contribution in [3.8, 4) is 5.75 Å². The lowest BCUT2D eigenvalue weighted by molar-refractivity contribution is -0.137. The zero-order valence-electron chi connectivity index (χ0n) is 11.6. The minimum absolute atomic E-state index is 0.0496. The number of amides is 2. The van der Waals surface area contributed by atoms with Gasteiger partial charge in [-0.2, -0.15) is 13.2 Å². The molecule has 0 heterocycles. The van der Waals surface area contributed by atoms with E-state index in [0.717, 1.165) is 12.1 Å². The Morgan fingerprint density at radius 3 is 2.46 bits per heavy atom. The Balaban J connectivity index is 2.27. The van der Waals surface area contributed by atoms with Crippen LogP contribution in [0.2, 0.25) is 10.0 Å². The number of urea groups is 1. The van der Waals surface area contributed by atoms with Crippen LogP contribution in [0.3, 0.4) is 0 Å². The average Bonchev–Trinajstić information content (AvgIpc) is 2.50. The highest BCUT2D eigenvalue weighted by molar-refractivity contribution is 7.82. The van der Waals surface area contributed by atoms with Crippen LogP contribution in [0, 0.1) is 0 Å². The standard InChI is InChI=1S/C14H9Cl2F3N2O2S/c15-8-2-4-12(22)11(6-8)21(24)13(23)20-10-5-7(14(17,18)19)1-3-9(10)16/h1-6,22,24H,(H,20,23). The lowest BCUT2D eigenvalue weighted by Crippen LogP contribution is -2.27. The Morgan fingerprint density at radius 1 is 1.17 bits per heavy atom. The summed E-state index contributed by atoms with van der Waals surface area (Å²) in [5.74, 6) is -0.292. The van der Waals surface area contributed by atoms with E-state index >= 15 is 0 Å². The van der Waals surface area contributed by atoms with E-state index in [4.69, 9.17) is 23.2 Å². The molecule has 0 fully saturated rings. The van der Waals surface area contributed by atoms with E-state index in [1.54, 1.807) is 0 Å². The minimum Gasteiger partial charge on any atom is -0.506 e. The molecule has 0 saturated heterocycles. The molecule has 0 saturated carbocycles. The maximum absolute atomic E-state index is 12.7. The number of carbonyl (C=O) groups excluding carboxylic acids is 1. The largest absolute Gasteiger partial charge is 0.506 e. The first kappa shape index (κ1) is 18.6. The molecule has 10 heteroatoms. The number of hydrogen-bond acceptors (Lipinski definition) is 3. The van der Waals surface area contributed by atoms with E-state index in [-0.39, 0.29) is 27.2 Å². The minimum atomic E-state index is -4.59. The number of halogens is 5. The van der Waals surface area contributed by atoms with Crippen molar-refractivity contribution in [1.82, 2.24) is 0 Å². The van der Waals surface area contributed by atoms with Crippen molar-refractivity contribution in [2.45, 2.75) is 6.18 Å². The second-order valence-corrected chi connectivity index (χ2v) is 5.81. The van der Waals surface area contributed by atoms with Gasteiger partial charge in [0.2, 0.25) is 0 Å². The van der Waals surface area contributed by atoms with Crippen molar-refractivity contribution >= 4 is 53.4 Å². The summed E-state index contributed by atoms with van der Waals surface area (Å²) in [6, 6.07) is 5.46. The molecule has 0 atom stereocenters. The molecule has 2 aromatic rings. The molecule has 0 spiro atoms. The van der Waals surface area contributed by atoms with E-state index in [0.29, 0.717) is 10.4 Å². The lowest BCUT2D eigenvalue weighted by Gasteiger charge is -2.19. The lowest BCUT2D eigenvalue weighted by atomic mass is 10.2. The summed E-state index contributed by atoms with van der Waals surface area (Å²) < 4.78 is 38.9. The van der Waals surface area contributed by atoms with Gasteiger partial charge < -0.3 is 10.4 Å². The fourth-order valence-corrected chi connectivity index (χ4v) is 2.28. The highest BCUT2D eigenvalue weighted by Gasteiger charge is 2.31. The predicted octanol–water partition coefficient (Wildman–Crippen LogP) is 5.60. The van der Waals surface area contributed by atoms with Crippen molar-refractivity contribution in [1.29, 1.82) is 0 Å². The van der Waals surface area contributed by atoms with Gasteiger partial charge in [-0.1, -0.05) is 36.0 Å². The van der Waals surface area contributed by atoms with Crippen LogP contribution in [0.1, 0.15) is 5.56 Å². The average molecular weight is 397 g/mol. The highest BCUT2D eigenvalue weighted by atomic mass is 35.5. The first-order valence-electron chi connectivity index (χ1n) is 6.25. The van der Waals surface area contributed by atoms with E-state index < -0.39 is 17.8 Å². The molecule has 0 unspecified atom stereocenters. The second-order valence-electron chi connectivity index (χ2n) is 4.57. The summed E-state index contributed by atoms with van der Waals surface area (Å²) in [5, 5.41) is 12.1. The SMILES string of the molecule is O=C(Nc1cc(C(F)(F)F)ccc1Cl)N(S)c1cc(Cl)ccc1O. The van der Waals surface area contributed by atoms with Crippen LogP contribution in [0.4, 0.5) is 29.3 Å². The molecule has 0 bridgehead atoms. The molecule has 128 valence electrons. The van der Waals surface area contributed by atoms with Crippen LogP contribution in [-0.2, 0) is 6.18 Å². The molecule has 4 nitrogen and oxygen atoms in total. The van der Waals surface area contributed by atoms with Gasteiger partial charge >= 0.3 is 12.2 Å². The number of phenols is 1. The number of anilines is 2. The summed E-state index contributed by atoms with van der Waals surface area (Å²) in [6.45, 7) is 0. The first-order valence-corrected chi connectivity index (χ1v) is 7.40. The third kappa shape index (κ3) is 4.19. The fraction of sp³-hybridized carbons (Fsp3) is 0.0714. The van der Waals surface area contributed by atoms with Gasteiger partial charge in [0.1, 0.15) is 11.4 Å². The summed E-state index contributed by atoms with van der Waals surface area (Å²) >= 11 is 15.5. The van der Waals surface area contributed by atoms with Crippen LogP contribution < -0.4 is 9.62 Å². The van der Waals surface area contributed by atoms with Crippen molar-refractivity contribution < 1.29 is 23.1 Å². The Morgan fingerprint density at radius 2 is 1.83 bits per heavy atom. The second kappa shape index (κ2) is 7.00. The van der Waals surface area contributed by atoms with Gasteiger partial charge in [0.25, 0.3) is 0 Å². The molecule has 0 aromatic heterocycles.